The molecule has 0 aliphatic carbocycles. The van der Waals surface area contributed by atoms with Crippen molar-refractivity contribution < 1.29 is 4.39 Å². The average molecular weight is 231 g/mol. The second kappa shape index (κ2) is 4.49. The third kappa shape index (κ3) is 2.41. The van der Waals surface area contributed by atoms with Crippen molar-refractivity contribution >= 4 is 5.95 Å². The maximum atomic E-state index is 13.0. The molecule has 0 atom stereocenters. The monoisotopic (exact) mass is 231 g/mol. The first-order valence-electron chi connectivity index (χ1n) is 5.40. The Balaban J connectivity index is 2.55. The predicted octanol–water partition coefficient (Wildman–Crippen LogP) is 2.94. The van der Waals surface area contributed by atoms with Crippen molar-refractivity contribution in [3.8, 4) is 11.3 Å². The van der Waals surface area contributed by atoms with Gasteiger partial charge < -0.3 is 5.32 Å². The largest absolute Gasteiger partial charge is 0.357 e. The Morgan fingerprint density at radius 3 is 2.53 bits per heavy atom. The molecule has 88 valence electrons. The van der Waals surface area contributed by atoms with Gasteiger partial charge in [0.1, 0.15) is 5.82 Å². The van der Waals surface area contributed by atoms with E-state index in [0.717, 1.165) is 22.5 Å². The van der Waals surface area contributed by atoms with Crippen molar-refractivity contribution in [3.05, 3.63) is 41.3 Å². The van der Waals surface area contributed by atoms with Gasteiger partial charge in [0.2, 0.25) is 5.95 Å². The Morgan fingerprint density at radius 1 is 1.12 bits per heavy atom. The van der Waals surface area contributed by atoms with E-state index in [2.05, 4.69) is 15.3 Å². The summed E-state index contributed by atoms with van der Waals surface area (Å²) in [5.74, 6) is 0.342. The molecular formula is C13H14FN3. The highest BCUT2D eigenvalue weighted by Gasteiger charge is 2.07. The quantitative estimate of drug-likeness (QED) is 0.863. The maximum absolute atomic E-state index is 13.0. The molecule has 1 aromatic carbocycles. The molecular weight excluding hydrogens is 217 g/mol. The van der Waals surface area contributed by atoms with Gasteiger partial charge in [0.15, 0.2) is 0 Å². The molecule has 0 saturated heterocycles. The molecule has 0 unspecified atom stereocenters. The van der Waals surface area contributed by atoms with Crippen LogP contribution in [0.3, 0.4) is 0 Å². The number of hydrogen-bond acceptors (Lipinski definition) is 3. The van der Waals surface area contributed by atoms with Gasteiger partial charge >= 0.3 is 0 Å². The molecule has 0 radical (unpaired) electrons. The molecule has 1 aromatic heterocycles. The number of aryl methyl sites for hydroxylation is 2. The Hall–Kier alpha value is -1.97. The van der Waals surface area contributed by atoms with Gasteiger partial charge in [-0.05, 0) is 43.7 Å². The van der Waals surface area contributed by atoms with Crippen molar-refractivity contribution in [2.75, 3.05) is 12.4 Å². The number of rotatable bonds is 2. The summed E-state index contributed by atoms with van der Waals surface area (Å²) in [6.45, 7) is 3.78. The van der Waals surface area contributed by atoms with E-state index in [9.17, 15) is 4.39 Å². The molecule has 0 aliphatic rings. The van der Waals surface area contributed by atoms with Gasteiger partial charge in [-0.3, -0.25) is 0 Å². The molecule has 0 amide bonds. The van der Waals surface area contributed by atoms with E-state index < -0.39 is 0 Å². The van der Waals surface area contributed by atoms with Crippen molar-refractivity contribution in [3.63, 3.8) is 0 Å². The Morgan fingerprint density at radius 2 is 1.88 bits per heavy atom. The first kappa shape index (κ1) is 11.5. The predicted molar refractivity (Wildman–Crippen MR) is 66.4 cm³/mol. The van der Waals surface area contributed by atoms with Crippen LogP contribution in [0.4, 0.5) is 10.3 Å². The fraction of sp³-hybridized carbons (Fsp3) is 0.231. The van der Waals surface area contributed by atoms with Crippen LogP contribution in [0, 0.1) is 19.7 Å². The molecule has 0 spiro atoms. The van der Waals surface area contributed by atoms with E-state index in [0.29, 0.717) is 5.95 Å². The number of hydrogen-bond donors (Lipinski definition) is 1. The lowest BCUT2D eigenvalue weighted by Crippen LogP contribution is -2.00. The highest BCUT2D eigenvalue weighted by Crippen LogP contribution is 2.23. The summed E-state index contributed by atoms with van der Waals surface area (Å²) in [6.07, 6.45) is 0. The number of nitrogens with one attached hydrogen (secondary N) is 1. The lowest BCUT2D eigenvalue weighted by molar-refractivity contribution is 0.627. The van der Waals surface area contributed by atoms with Crippen LogP contribution < -0.4 is 5.32 Å². The third-order valence-corrected chi connectivity index (χ3v) is 2.54. The number of aromatic nitrogens is 2. The van der Waals surface area contributed by atoms with Crippen LogP contribution in [-0.4, -0.2) is 17.0 Å². The van der Waals surface area contributed by atoms with Gasteiger partial charge in [-0.25, -0.2) is 14.4 Å². The van der Waals surface area contributed by atoms with Gasteiger partial charge in [0.25, 0.3) is 0 Å². The molecule has 2 rings (SSSR count). The SMILES string of the molecule is CNc1nc(C)cc(-c2ccc(F)cc2C)n1. The fourth-order valence-corrected chi connectivity index (χ4v) is 1.73. The average Bonchev–Trinajstić information content (AvgIpc) is 2.28. The maximum Gasteiger partial charge on any atom is 0.223 e. The van der Waals surface area contributed by atoms with Gasteiger partial charge in [-0.1, -0.05) is 0 Å². The molecule has 17 heavy (non-hydrogen) atoms. The minimum absolute atomic E-state index is 0.231. The van der Waals surface area contributed by atoms with Gasteiger partial charge in [0.05, 0.1) is 5.69 Å². The lowest BCUT2D eigenvalue weighted by atomic mass is 10.1. The van der Waals surface area contributed by atoms with Crippen LogP contribution in [0.15, 0.2) is 24.3 Å². The van der Waals surface area contributed by atoms with Crippen molar-refractivity contribution in [1.29, 1.82) is 0 Å². The summed E-state index contributed by atoms with van der Waals surface area (Å²) < 4.78 is 13.0. The topological polar surface area (TPSA) is 37.8 Å². The summed E-state index contributed by atoms with van der Waals surface area (Å²) in [5, 5.41) is 2.91. The normalized spacial score (nSPS) is 10.4. The van der Waals surface area contributed by atoms with E-state index >= 15 is 0 Å². The van der Waals surface area contributed by atoms with Crippen LogP contribution in [0.1, 0.15) is 11.3 Å². The second-order valence-electron chi connectivity index (χ2n) is 3.93. The van der Waals surface area contributed by atoms with E-state index in [4.69, 9.17) is 0 Å². The minimum atomic E-state index is -0.231. The zero-order chi connectivity index (χ0) is 12.4. The summed E-state index contributed by atoms with van der Waals surface area (Å²) >= 11 is 0. The van der Waals surface area contributed by atoms with Gasteiger partial charge in [-0.15, -0.1) is 0 Å². The van der Waals surface area contributed by atoms with Crippen molar-refractivity contribution in [2.45, 2.75) is 13.8 Å². The molecule has 1 N–H and O–H groups in total. The molecule has 0 fully saturated rings. The van der Waals surface area contributed by atoms with Crippen LogP contribution in [0.25, 0.3) is 11.3 Å². The van der Waals surface area contributed by atoms with Gasteiger partial charge in [0, 0.05) is 18.3 Å². The number of anilines is 1. The molecule has 0 bridgehead atoms. The third-order valence-electron chi connectivity index (χ3n) is 2.54. The molecule has 3 nitrogen and oxygen atoms in total. The second-order valence-corrected chi connectivity index (χ2v) is 3.93. The highest BCUT2D eigenvalue weighted by molar-refractivity contribution is 5.64. The molecule has 0 aliphatic heterocycles. The summed E-state index contributed by atoms with van der Waals surface area (Å²) in [5.41, 5.74) is 3.47. The number of nitrogens with zero attached hydrogens (tertiary/aromatic N) is 2. The van der Waals surface area contributed by atoms with Crippen LogP contribution in [0.2, 0.25) is 0 Å². The summed E-state index contributed by atoms with van der Waals surface area (Å²) in [6, 6.07) is 6.58. The van der Waals surface area contributed by atoms with Crippen LogP contribution in [0.5, 0.6) is 0 Å². The summed E-state index contributed by atoms with van der Waals surface area (Å²) in [4.78, 5) is 8.60. The molecule has 0 saturated carbocycles. The van der Waals surface area contributed by atoms with E-state index in [-0.39, 0.29) is 5.82 Å². The lowest BCUT2D eigenvalue weighted by Gasteiger charge is -2.08. The number of halogens is 1. The zero-order valence-corrected chi connectivity index (χ0v) is 10.1. The first-order valence-corrected chi connectivity index (χ1v) is 5.40. The van der Waals surface area contributed by atoms with E-state index in [1.807, 2.05) is 19.9 Å². The zero-order valence-electron chi connectivity index (χ0n) is 10.1. The Labute approximate surface area is 99.7 Å². The first-order chi connectivity index (χ1) is 8.10. The minimum Gasteiger partial charge on any atom is -0.357 e. The van der Waals surface area contributed by atoms with Gasteiger partial charge in [-0.2, -0.15) is 0 Å². The molecule has 4 heteroatoms. The van der Waals surface area contributed by atoms with Crippen LogP contribution >= 0.6 is 0 Å². The Bertz CT molecular complexity index is 552. The molecule has 1 heterocycles. The highest BCUT2D eigenvalue weighted by atomic mass is 19.1. The van der Waals surface area contributed by atoms with Crippen LogP contribution in [-0.2, 0) is 0 Å². The fourth-order valence-electron chi connectivity index (χ4n) is 1.73. The number of benzene rings is 1. The van der Waals surface area contributed by atoms with Crippen molar-refractivity contribution in [2.24, 2.45) is 0 Å². The Kier molecular flexibility index (Phi) is 3.04. The summed E-state index contributed by atoms with van der Waals surface area (Å²) in [7, 11) is 1.77. The smallest absolute Gasteiger partial charge is 0.223 e. The van der Waals surface area contributed by atoms with Crippen molar-refractivity contribution in [1.82, 2.24) is 9.97 Å². The van der Waals surface area contributed by atoms with E-state index in [1.165, 1.54) is 12.1 Å². The molecule has 2 aromatic rings. The van der Waals surface area contributed by atoms with E-state index in [1.54, 1.807) is 13.1 Å². The standard InChI is InChI=1S/C13H14FN3/c1-8-6-10(14)4-5-11(8)12-7-9(2)16-13(15-3)17-12/h4-7H,1-3H3,(H,15,16,17).